The van der Waals surface area contributed by atoms with Gasteiger partial charge in [0.2, 0.25) is 0 Å². The van der Waals surface area contributed by atoms with Crippen molar-refractivity contribution in [1.29, 1.82) is 0 Å². The number of anilines is 1. The van der Waals surface area contributed by atoms with Crippen LogP contribution in [0.4, 0.5) is 11.4 Å². The Hall–Kier alpha value is -3.09. The number of non-ortho nitro benzene ring substituents is 1. The fraction of sp³-hybridized carbons (Fsp3) is 0.0714. The number of amides is 1. The Morgan fingerprint density at radius 1 is 1.29 bits per heavy atom. The molecular formula is C14H12N2O5. The number of carbonyl (C=O) groups is 1. The maximum Gasteiger partial charge on any atom is 0.270 e. The molecule has 2 N–H and O–H groups in total. The van der Waals surface area contributed by atoms with Crippen LogP contribution in [0.3, 0.4) is 0 Å². The van der Waals surface area contributed by atoms with E-state index in [0.29, 0.717) is 5.69 Å². The standard InChI is InChI=1S/C14H12N2O5/c1-21-13-6-5-10(16(19)20)8-12(13)14(18)15-9-3-2-4-11(17)7-9/h2-8,17H,1H3,(H,15,18). The van der Waals surface area contributed by atoms with Crippen LogP contribution in [0.1, 0.15) is 10.4 Å². The predicted octanol–water partition coefficient (Wildman–Crippen LogP) is 2.56. The van der Waals surface area contributed by atoms with E-state index in [4.69, 9.17) is 4.74 Å². The lowest BCUT2D eigenvalue weighted by Crippen LogP contribution is -2.13. The molecule has 0 aliphatic rings. The third kappa shape index (κ3) is 3.27. The number of methoxy groups -OCH3 is 1. The van der Waals surface area contributed by atoms with Gasteiger partial charge in [-0.2, -0.15) is 0 Å². The fourth-order valence-corrected chi connectivity index (χ4v) is 1.77. The summed E-state index contributed by atoms with van der Waals surface area (Å²) < 4.78 is 5.03. The Balaban J connectivity index is 2.33. The lowest BCUT2D eigenvalue weighted by Gasteiger charge is -2.09. The zero-order valence-electron chi connectivity index (χ0n) is 11.1. The van der Waals surface area contributed by atoms with E-state index in [9.17, 15) is 20.0 Å². The van der Waals surface area contributed by atoms with Crippen LogP contribution in [-0.4, -0.2) is 23.0 Å². The minimum atomic E-state index is -0.593. The van der Waals surface area contributed by atoms with E-state index < -0.39 is 10.8 Å². The van der Waals surface area contributed by atoms with Crippen molar-refractivity contribution < 1.29 is 19.6 Å². The van der Waals surface area contributed by atoms with E-state index in [1.54, 1.807) is 12.1 Å². The number of hydrogen-bond acceptors (Lipinski definition) is 5. The number of nitrogens with zero attached hydrogens (tertiary/aromatic N) is 1. The number of benzene rings is 2. The van der Waals surface area contributed by atoms with E-state index >= 15 is 0 Å². The summed E-state index contributed by atoms with van der Waals surface area (Å²) in [5, 5.41) is 22.7. The fourth-order valence-electron chi connectivity index (χ4n) is 1.77. The van der Waals surface area contributed by atoms with Gasteiger partial charge < -0.3 is 15.2 Å². The zero-order chi connectivity index (χ0) is 15.4. The molecule has 0 fully saturated rings. The number of ether oxygens (including phenoxy) is 1. The number of nitro groups is 1. The summed E-state index contributed by atoms with van der Waals surface area (Å²) in [7, 11) is 1.37. The lowest BCUT2D eigenvalue weighted by molar-refractivity contribution is -0.384. The minimum absolute atomic E-state index is 0.00110. The van der Waals surface area contributed by atoms with Gasteiger partial charge in [0.15, 0.2) is 0 Å². The van der Waals surface area contributed by atoms with Gasteiger partial charge in [-0.15, -0.1) is 0 Å². The van der Waals surface area contributed by atoms with E-state index in [2.05, 4.69) is 5.32 Å². The van der Waals surface area contributed by atoms with Crippen molar-refractivity contribution in [2.75, 3.05) is 12.4 Å². The molecule has 2 aromatic rings. The van der Waals surface area contributed by atoms with E-state index in [0.717, 1.165) is 6.07 Å². The van der Waals surface area contributed by atoms with Crippen LogP contribution in [-0.2, 0) is 0 Å². The number of nitro benzene ring substituents is 1. The monoisotopic (exact) mass is 288 g/mol. The van der Waals surface area contributed by atoms with Gasteiger partial charge in [-0.1, -0.05) is 6.07 Å². The van der Waals surface area contributed by atoms with Gasteiger partial charge in [0.05, 0.1) is 17.6 Å². The highest BCUT2D eigenvalue weighted by molar-refractivity contribution is 6.06. The highest BCUT2D eigenvalue weighted by atomic mass is 16.6. The van der Waals surface area contributed by atoms with Crippen molar-refractivity contribution in [3.63, 3.8) is 0 Å². The summed E-state index contributed by atoms with van der Waals surface area (Å²) in [4.78, 5) is 22.4. The number of phenols is 1. The number of hydrogen-bond donors (Lipinski definition) is 2. The van der Waals surface area contributed by atoms with Crippen LogP contribution >= 0.6 is 0 Å². The first-order valence-corrected chi connectivity index (χ1v) is 5.94. The minimum Gasteiger partial charge on any atom is -0.508 e. The van der Waals surface area contributed by atoms with Gasteiger partial charge in [-0.05, 0) is 18.2 Å². The second kappa shape index (κ2) is 5.91. The lowest BCUT2D eigenvalue weighted by atomic mass is 10.1. The molecule has 2 aromatic carbocycles. The Morgan fingerprint density at radius 2 is 2.05 bits per heavy atom. The molecule has 0 aromatic heterocycles. The van der Waals surface area contributed by atoms with Crippen molar-refractivity contribution in [2.45, 2.75) is 0 Å². The summed E-state index contributed by atoms with van der Waals surface area (Å²) in [5.74, 6) is -0.349. The van der Waals surface area contributed by atoms with E-state index in [-0.39, 0.29) is 22.7 Å². The van der Waals surface area contributed by atoms with E-state index in [1.165, 1.54) is 31.4 Å². The highest BCUT2D eigenvalue weighted by Gasteiger charge is 2.17. The Labute approximate surface area is 119 Å². The number of nitrogens with one attached hydrogen (secondary N) is 1. The molecule has 0 unspecified atom stereocenters. The molecule has 0 radical (unpaired) electrons. The normalized spacial score (nSPS) is 9.95. The third-order valence-electron chi connectivity index (χ3n) is 2.74. The quantitative estimate of drug-likeness (QED) is 0.665. The van der Waals surface area contributed by atoms with Gasteiger partial charge in [0, 0.05) is 23.9 Å². The summed E-state index contributed by atoms with van der Waals surface area (Å²) >= 11 is 0. The van der Waals surface area contributed by atoms with Crippen LogP contribution in [0.25, 0.3) is 0 Å². The van der Waals surface area contributed by atoms with Gasteiger partial charge >= 0.3 is 0 Å². The zero-order valence-corrected chi connectivity index (χ0v) is 11.1. The van der Waals surface area contributed by atoms with Crippen LogP contribution < -0.4 is 10.1 Å². The smallest absolute Gasteiger partial charge is 0.270 e. The van der Waals surface area contributed by atoms with Crippen molar-refractivity contribution in [3.8, 4) is 11.5 Å². The number of rotatable bonds is 4. The molecule has 108 valence electrons. The van der Waals surface area contributed by atoms with Gasteiger partial charge in [-0.25, -0.2) is 0 Å². The van der Waals surface area contributed by atoms with Crippen LogP contribution in [0.5, 0.6) is 11.5 Å². The molecule has 0 spiro atoms. The first-order valence-electron chi connectivity index (χ1n) is 5.94. The Kier molecular flexibility index (Phi) is 4.03. The van der Waals surface area contributed by atoms with Crippen molar-refractivity contribution in [1.82, 2.24) is 0 Å². The molecule has 0 aliphatic carbocycles. The number of carbonyl (C=O) groups excluding carboxylic acids is 1. The van der Waals surface area contributed by atoms with Crippen LogP contribution in [0.15, 0.2) is 42.5 Å². The largest absolute Gasteiger partial charge is 0.508 e. The number of phenolic OH excluding ortho intramolecular Hbond substituents is 1. The highest BCUT2D eigenvalue weighted by Crippen LogP contribution is 2.25. The second-order valence-electron chi connectivity index (χ2n) is 4.15. The first kappa shape index (κ1) is 14.3. The molecule has 0 aliphatic heterocycles. The number of aromatic hydroxyl groups is 1. The van der Waals surface area contributed by atoms with Crippen LogP contribution in [0, 0.1) is 10.1 Å². The molecule has 7 heteroatoms. The molecule has 2 rings (SSSR count). The van der Waals surface area contributed by atoms with Crippen LogP contribution in [0.2, 0.25) is 0 Å². The first-order chi connectivity index (χ1) is 10.0. The summed E-state index contributed by atoms with van der Waals surface area (Å²) in [6, 6.07) is 9.72. The second-order valence-corrected chi connectivity index (χ2v) is 4.15. The Morgan fingerprint density at radius 3 is 2.67 bits per heavy atom. The van der Waals surface area contributed by atoms with E-state index in [1.807, 2.05) is 0 Å². The predicted molar refractivity (Wildman–Crippen MR) is 75.7 cm³/mol. The summed E-state index contributed by atoms with van der Waals surface area (Å²) in [6.45, 7) is 0. The topological polar surface area (TPSA) is 102 Å². The van der Waals surface area contributed by atoms with Crippen molar-refractivity contribution in [2.24, 2.45) is 0 Å². The molecule has 0 saturated heterocycles. The average Bonchev–Trinajstić information content (AvgIpc) is 2.46. The molecule has 0 atom stereocenters. The maximum atomic E-state index is 12.2. The summed E-state index contributed by atoms with van der Waals surface area (Å²) in [5.41, 5.74) is 0.195. The molecular weight excluding hydrogens is 276 g/mol. The molecule has 21 heavy (non-hydrogen) atoms. The third-order valence-corrected chi connectivity index (χ3v) is 2.74. The maximum absolute atomic E-state index is 12.2. The SMILES string of the molecule is COc1ccc([N+](=O)[O-])cc1C(=O)Nc1cccc(O)c1. The molecule has 1 amide bonds. The van der Waals surface area contributed by atoms with Crippen molar-refractivity contribution >= 4 is 17.3 Å². The van der Waals surface area contributed by atoms with Gasteiger partial charge in [0.1, 0.15) is 11.5 Å². The molecule has 0 bridgehead atoms. The van der Waals surface area contributed by atoms with Gasteiger partial charge in [0.25, 0.3) is 11.6 Å². The average molecular weight is 288 g/mol. The Bertz CT molecular complexity index is 700. The van der Waals surface area contributed by atoms with Crippen molar-refractivity contribution in [3.05, 3.63) is 58.1 Å². The summed E-state index contributed by atoms with van der Waals surface area (Å²) in [6.07, 6.45) is 0. The molecule has 7 nitrogen and oxygen atoms in total. The van der Waals surface area contributed by atoms with Gasteiger partial charge in [-0.3, -0.25) is 14.9 Å². The molecule has 0 heterocycles. The molecule has 0 saturated carbocycles.